The van der Waals surface area contributed by atoms with Crippen LogP contribution in [0.5, 0.6) is 0 Å². The average Bonchev–Trinajstić information content (AvgIpc) is 2.94. The molecule has 4 heteroatoms. The molecule has 0 aromatic carbocycles. The predicted molar refractivity (Wildman–Crippen MR) is 68.7 cm³/mol. The molecule has 3 atom stereocenters. The molecule has 0 saturated heterocycles. The van der Waals surface area contributed by atoms with Crippen molar-refractivity contribution in [1.29, 1.82) is 0 Å². The normalized spacial score (nSPS) is 26.3. The highest BCUT2D eigenvalue weighted by molar-refractivity contribution is 4.98. The highest BCUT2D eigenvalue weighted by Gasteiger charge is 2.29. The monoisotopic (exact) mass is 236 g/mol. The molecular weight excluding hydrogens is 212 g/mol. The largest absolute Gasteiger partial charge is 0.316 e. The smallest absolute Gasteiger partial charge is 0.0842 e. The van der Waals surface area contributed by atoms with Gasteiger partial charge in [0.2, 0.25) is 0 Å². The summed E-state index contributed by atoms with van der Waals surface area (Å²) < 4.78 is 1.78. The van der Waals surface area contributed by atoms with E-state index in [9.17, 15) is 0 Å². The van der Waals surface area contributed by atoms with Gasteiger partial charge in [-0.15, -0.1) is 5.10 Å². The predicted octanol–water partition coefficient (Wildman–Crippen LogP) is 1.77. The van der Waals surface area contributed by atoms with Crippen LogP contribution in [0.3, 0.4) is 0 Å². The lowest BCUT2D eigenvalue weighted by Crippen LogP contribution is -2.34. The average molecular weight is 236 g/mol. The second-order valence-corrected chi connectivity index (χ2v) is 5.33. The number of nitrogens with one attached hydrogen (secondary N) is 1. The maximum atomic E-state index is 4.19. The summed E-state index contributed by atoms with van der Waals surface area (Å²) in [6.45, 7) is 2.31. The standard InChI is InChI=1S/C13H24N4/c1-4-10-5-6-11(7-10)13(14-2)8-12-9-17(3)16-15-12/h9-11,13-14H,4-8H2,1-3H3. The van der Waals surface area contributed by atoms with E-state index >= 15 is 0 Å². The molecule has 1 aliphatic rings. The maximum Gasteiger partial charge on any atom is 0.0842 e. The van der Waals surface area contributed by atoms with Crippen molar-refractivity contribution < 1.29 is 0 Å². The van der Waals surface area contributed by atoms with E-state index < -0.39 is 0 Å². The molecule has 0 radical (unpaired) electrons. The fourth-order valence-electron chi connectivity index (χ4n) is 3.07. The van der Waals surface area contributed by atoms with Crippen molar-refractivity contribution in [3.05, 3.63) is 11.9 Å². The topological polar surface area (TPSA) is 42.7 Å². The van der Waals surface area contributed by atoms with Crippen molar-refractivity contribution in [3.8, 4) is 0 Å². The van der Waals surface area contributed by atoms with Crippen LogP contribution in [0.1, 0.15) is 38.3 Å². The van der Waals surface area contributed by atoms with Gasteiger partial charge >= 0.3 is 0 Å². The van der Waals surface area contributed by atoms with Gasteiger partial charge in [0.15, 0.2) is 0 Å². The second-order valence-electron chi connectivity index (χ2n) is 5.33. The summed E-state index contributed by atoms with van der Waals surface area (Å²) in [6, 6.07) is 0.559. The molecule has 1 N–H and O–H groups in total. The quantitative estimate of drug-likeness (QED) is 0.847. The Kier molecular flexibility index (Phi) is 4.15. The third-order valence-electron chi connectivity index (χ3n) is 4.18. The van der Waals surface area contributed by atoms with Gasteiger partial charge in [0.1, 0.15) is 0 Å². The highest BCUT2D eigenvalue weighted by Crippen LogP contribution is 2.35. The number of hydrogen-bond donors (Lipinski definition) is 1. The Morgan fingerprint density at radius 3 is 2.88 bits per heavy atom. The van der Waals surface area contributed by atoms with Crippen molar-refractivity contribution in [1.82, 2.24) is 20.3 Å². The van der Waals surface area contributed by atoms with Gasteiger partial charge in [-0.05, 0) is 31.7 Å². The van der Waals surface area contributed by atoms with Gasteiger partial charge < -0.3 is 5.32 Å². The van der Waals surface area contributed by atoms with Gasteiger partial charge in [0, 0.05) is 25.7 Å². The molecule has 0 aliphatic heterocycles. The fourth-order valence-corrected chi connectivity index (χ4v) is 3.07. The molecule has 1 aromatic rings. The van der Waals surface area contributed by atoms with Gasteiger partial charge in [-0.1, -0.05) is 25.0 Å². The molecule has 0 spiro atoms. The minimum absolute atomic E-state index is 0.559. The minimum Gasteiger partial charge on any atom is -0.316 e. The zero-order valence-corrected chi connectivity index (χ0v) is 11.2. The van der Waals surface area contributed by atoms with E-state index in [1.165, 1.54) is 25.7 Å². The second kappa shape index (κ2) is 5.63. The van der Waals surface area contributed by atoms with Gasteiger partial charge in [-0.25, -0.2) is 0 Å². The van der Waals surface area contributed by atoms with Crippen LogP contribution in [-0.2, 0) is 13.5 Å². The molecule has 3 unspecified atom stereocenters. The summed E-state index contributed by atoms with van der Waals surface area (Å²) in [5.41, 5.74) is 1.10. The highest BCUT2D eigenvalue weighted by atomic mass is 15.4. The number of rotatable bonds is 5. The molecule has 1 saturated carbocycles. The fraction of sp³-hybridized carbons (Fsp3) is 0.846. The summed E-state index contributed by atoms with van der Waals surface area (Å²) in [5, 5.41) is 11.7. The zero-order chi connectivity index (χ0) is 12.3. The van der Waals surface area contributed by atoms with E-state index in [1.54, 1.807) is 4.68 Å². The molecule has 2 rings (SSSR count). The van der Waals surface area contributed by atoms with Gasteiger partial charge in [0.25, 0.3) is 0 Å². The Labute approximate surface area is 104 Å². The van der Waals surface area contributed by atoms with E-state index in [0.717, 1.165) is 24.0 Å². The van der Waals surface area contributed by atoms with E-state index in [2.05, 4.69) is 29.6 Å². The Bertz CT molecular complexity index is 347. The van der Waals surface area contributed by atoms with E-state index in [-0.39, 0.29) is 0 Å². The Balaban J connectivity index is 1.93. The molecule has 1 fully saturated rings. The summed E-state index contributed by atoms with van der Waals surface area (Å²) in [4.78, 5) is 0. The molecule has 4 nitrogen and oxygen atoms in total. The first-order valence-corrected chi connectivity index (χ1v) is 6.75. The van der Waals surface area contributed by atoms with E-state index in [0.29, 0.717) is 6.04 Å². The maximum absolute atomic E-state index is 4.19. The van der Waals surface area contributed by atoms with E-state index in [4.69, 9.17) is 0 Å². The van der Waals surface area contributed by atoms with Crippen molar-refractivity contribution in [2.75, 3.05) is 7.05 Å². The number of aryl methyl sites for hydroxylation is 1. The lowest BCUT2D eigenvalue weighted by atomic mass is 9.93. The SMILES string of the molecule is CCC1CCC(C(Cc2cn(C)nn2)NC)C1. The van der Waals surface area contributed by atoms with Crippen molar-refractivity contribution in [2.24, 2.45) is 18.9 Å². The Morgan fingerprint density at radius 2 is 2.35 bits per heavy atom. The van der Waals surface area contributed by atoms with Crippen LogP contribution in [-0.4, -0.2) is 28.1 Å². The van der Waals surface area contributed by atoms with Crippen molar-refractivity contribution in [3.63, 3.8) is 0 Å². The lowest BCUT2D eigenvalue weighted by molar-refractivity contribution is 0.359. The van der Waals surface area contributed by atoms with Crippen LogP contribution < -0.4 is 5.32 Å². The third-order valence-corrected chi connectivity index (χ3v) is 4.18. The summed E-state index contributed by atoms with van der Waals surface area (Å²) in [7, 11) is 3.99. The molecule has 0 bridgehead atoms. The first kappa shape index (κ1) is 12.6. The van der Waals surface area contributed by atoms with Crippen LogP contribution in [0, 0.1) is 11.8 Å². The molecular formula is C13H24N4. The van der Waals surface area contributed by atoms with Gasteiger partial charge in [-0.2, -0.15) is 0 Å². The van der Waals surface area contributed by atoms with Crippen molar-refractivity contribution in [2.45, 2.75) is 45.1 Å². The zero-order valence-electron chi connectivity index (χ0n) is 11.2. The summed E-state index contributed by atoms with van der Waals surface area (Å²) in [6.07, 6.45) is 8.51. The van der Waals surface area contributed by atoms with Gasteiger partial charge in [-0.3, -0.25) is 4.68 Å². The van der Waals surface area contributed by atoms with Crippen LogP contribution in [0.2, 0.25) is 0 Å². The number of aromatic nitrogens is 3. The van der Waals surface area contributed by atoms with Crippen LogP contribution in [0.25, 0.3) is 0 Å². The molecule has 0 amide bonds. The lowest BCUT2D eigenvalue weighted by Gasteiger charge is -2.22. The summed E-state index contributed by atoms with van der Waals surface area (Å²) >= 11 is 0. The molecule has 1 aliphatic carbocycles. The first-order valence-electron chi connectivity index (χ1n) is 6.75. The van der Waals surface area contributed by atoms with Crippen molar-refractivity contribution >= 4 is 0 Å². The Hall–Kier alpha value is -0.900. The van der Waals surface area contributed by atoms with Crippen LogP contribution in [0.15, 0.2) is 6.20 Å². The van der Waals surface area contributed by atoms with Gasteiger partial charge in [0.05, 0.1) is 5.69 Å². The molecule has 1 aromatic heterocycles. The van der Waals surface area contributed by atoms with Crippen LogP contribution >= 0.6 is 0 Å². The molecule has 17 heavy (non-hydrogen) atoms. The number of nitrogens with zero attached hydrogens (tertiary/aromatic N) is 3. The first-order chi connectivity index (χ1) is 8.22. The van der Waals surface area contributed by atoms with E-state index in [1.807, 2.05) is 13.2 Å². The summed E-state index contributed by atoms with van der Waals surface area (Å²) in [5.74, 6) is 1.75. The van der Waals surface area contributed by atoms with Crippen LogP contribution in [0.4, 0.5) is 0 Å². The number of hydrogen-bond acceptors (Lipinski definition) is 3. The minimum atomic E-state index is 0.559. The third kappa shape index (κ3) is 3.06. The number of likely N-dealkylation sites (N-methyl/N-ethyl adjacent to an activating group) is 1. The molecule has 1 heterocycles. The molecule has 96 valence electrons. The Morgan fingerprint density at radius 1 is 1.53 bits per heavy atom.